The van der Waals surface area contributed by atoms with Gasteiger partial charge in [0.25, 0.3) is 6.85 Å². The minimum atomic E-state index is 0.639. The average molecular weight is 163 g/mol. The Morgan fingerprint density at radius 1 is 0.917 bits per heavy atom. The lowest BCUT2D eigenvalue weighted by atomic mass is 9.44. The molecule has 0 saturated carbocycles. The highest BCUT2D eigenvalue weighted by atomic mass is 14.9. The molecular weight excluding hydrogens is 145 g/mol. The molecule has 12 heavy (non-hydrogen) atoms. The van der Waals surface area contributed by atoms with Gasteiger partial charge >= 0.3 is 0 Å². The van der Waals surface area contributed by atoms with Crippen LogP contribution >= 0.6 is 0 Å². The van der Waals surface area contributed by atoms with E-state index in [1.165, 1.54) is 0 Å². The molecule has 1 rings (SSSR count). The van der Waals surface area contributed by atoms with Crippen molar-refractivity contribution in [3.63, 3.8) is 0 Å². The largest absolute Gasteiger partial charge is 0.397 e. The van der Waals surface area contributed by atoms with E-state index in [1.54, 1.807) is 0 Å². The molecule has 0 atom stereocenters. The van der Waals surface area contributed by atoms with E-state index in [4.69, 9.17) is 0 Å². The first kappa shape index (κ1) is 9.43. The summed E-state index contributed by atoms with van der Waals surface area (Å²) >= 11 is 0. The van der Waals surface area contributed by atoms with Crippen molar-refractivity contribution in [3.8, 4) is 0 Å². The van der Waals surface area contributed by atoms with Gasteiger partial charge in [-0.2, -0.15) is 0 Å². The van der Waals surface area contributed by atoms with Crippen molar-refractivity contribution in [2.24, 2.45) is 0 Å². The third kappa shape index (κ3) is 1.93. The first-order valence-corrected chi connectivity index (χ1v) is 4.75. The maximum Gasteiger partial charge on any atom is 0.264 e. The van der Waals surface area contributed by atoms with Gasteiger partial charge in [0.2, 0.25) is 0 Å². The summed E-state index contributed by atoms with van der Waals surface area (Å²) in [6, 6.07) is 4.19. The Balaban J connectivity index is 2.81. The molecule has 1 aromatic heterocycles. The fraction of sp³-hybridized carbons (Fsp3) is 0.600. The number of hydrogen-bond donors (Lipinski definition) is 0. The molecule has 0 spiro atoms. The molecule has 0 N–H and O–H groups in total. The quantitative estimate of drug-likeness (QED) is 0.603. The maximum atomic E-state index is 2.31. The van der Waals surface area contributed by atoms with Crippen LogP contribution in [0, 0.1) is 0 Å². The number of hydrogen-bond acceptors (Lipinski definition) is 0. The zero-order valence-electron chi connectivity index (χ0n) is 8.49. The van der Waals surface area contributed by atoms with E-state index in [2.05, 4.69) is 56.7 Å². The van der Waals surface area contributed by atoms with E-state index in [9.17, 15) is 0 Å². The van der Waals surface area contributed by atoms with Gasteiger partial charge in [-0.3, -0.25) is 0 Å². The highest BCUT2D eigenvalue weighted by Gasteiger charge is 2.23. The Kier molecular flexibility index (Phi) is 3.02. The van der Waals surface area contributed by atoms with Crippen molar-refractivity contribution in [1.29, 1.82) is 0 Å². The molecule has 0 aliphatic carbocycles. The molecule has 0 bridgehead atoms. The predicted octanol–water partition coefficient (Wildman–Crippen LogP) is 3.15. The minimum absolute atomic E-state index is 0.639. The summed E-state index contributed by atoms with van der Waals surface area (Å²) in [7, 11) is 0. The summed E-state index contributed by atoms with van der Waals surface area (Å²) < 4.78 is 2.31. The number of nitrogens with zero attached hydrogens (tertiary/aromatic N) is 1. The average Bonchev–Trinajstić information content (AvgIpc) is 2.37. The van der Waals surface area contributed by atoms with E-state index in [1.807, 2.05) is 0 Å². The van der Waals surface area contributed by atoms with E-state index < -0.39 is 0 Å². The summed E-state index contributed by atoms with van der Waals surface area (Å²) in [6.07, 6.45) is 4.31. The standard InChI is InChI=1S/C10H18BN/c1-9(2)11(10(3)4)12-7-5-6-8-12/h5-10H,1-4H3. The van der Waals surface area contributed by atoms with Crippen LogP contribution in [0.4, 0.5) is 0 Å². The van der Waals surface area contributed by atoms with E-state index in [0.29, 0.717) is 18.5 Å². The van der Waals surface area contributed by atoms with Gasteiger partial charge < -0.3 is 4.48 Å². The topological polar surface area (TPSA) is 4.93 Å². The highest BCUT2D eigenvalue weighted by Crippen LogP contribution is 2.21. The van der Waals surface area contributed by atoms with Crippen LogP contribution in [0.2, 0.25) is 11.6 Å². The second-order valence-electron chi connectivity index (χ2n) is 4.11. The van der Waals surface area contributed by atoms with Crippen LogP contribution in [0.15, 0.2) is 24.5 Å². The van der Waals surface area contributed by atoms with Gasteiger partial charge in [0.05, 0.1) is 0 Å². The molecule has 0 amide bonds. The minimum Gasteiger partial charge on any atom is -0.397 e. The molecule has 0 aliphatic rings. The van der Waals surface area contributed by atoms with Gasteiger partial charge in [-0.15, -0.1) is 0 Å². The third-order valence-electron chi connectivity index (χ3n) is 2.34. The van der Waals surface area contributed by atoms with Crippen molar-refractivity contribution in [2.75, 3.05) is 0 Å². The van der Waals surface area contributed by atoms with Crippen LogP contribution < -0.4 is 0 Å². The van der Waals surface area contributed by atoms with Crippen molar-refractivity contribution in [1.82, 2.24) is 4.48 Å². The zero-order chi connectivity index (χ0) is 9.14. The van der Waals surface area contributed by atoms with E-state index in [0.717, 1.165) is 0 Å². The summed E-state index contributed by atoms with van der Waals surface area (Å²) in [6.45, 7) is 9.77. The monoisotopic (exact) mass is 163 g/mol. The molecule has 1 aromatic rings. The molecule has 0 aromatic carbocycles. The SMILES string of the molecule is CC(C)B(C(C)C)n1cccc1. The Morgan fingerprint density at radius 3 is 1.67 bits per heavy atom. The fourth-order valence-corrected chi connectivity index (χ4v) is 2.00. The van der Waals surface area contributed by atoms with Crippen LogP contribution in [0.3, 0.4) is 0 Å². The van der Waals surface area contributed by atoms with Gasteiger partial charge in [-0.1, -0.05) is 27.7 Å². The second-order valence-corrected chi connectivity index (χ2v) is 4.11. The van der Waals surface area contributed by atoms with E-state index in [-0.39, 0.29) is 0 Å². The van der Waals surface area contributed by atoms with Crippen LogP contribution in [0.5, 0.6) is 0 Å². The molecule has 0 unspecified atom stereocenters. The number of rotatable bonds is 3. The van der Waals surface area contributed by atoms with Gasteiger partial charge in [-0.05, 0) is 36.2 Å². The lowest BCUT2D eigenvalue weighted by Gasteiger charge is -2.22. The van der Waals surface area contributed by atoms with Crippen molar-refractivity contribution >= 4 is 6.85 Å². The molecule has 0 fully saturated rings. The van der Waals surface area contributed by atoms with Crippen LogP contribution in [-0.2, 0) is 0 Å². The first-order valence-electron chi connectivity index (χ1n) is 4.75. The molecule has 0 saturated heterocycles. The maximum absolute atomic E-state index is 2.31. The smallest absolute Gasteiger partial charge is 0.264 e. The normalized spacial score (nSPS) is 11.2. The number of aromatic nitrogens is 1. The molecule has 66 valence electrons. The highest BCUT2D eigenvalue weighted by molar-refractivity contribution is 6.60. The molecule has 0 aliphatic heterocycles. The summed E-state index contributed by atoms with van der Waals surface area (Å²) in [4.78, 5) is 0. The molecule has 1 nitrogen and oxygen atoms in total. The van der Waals surface area contributed by atoms with Crippen LogP contribution in [0.1, 0.15) is 27.7 Å². The summed E-state index contributed by atoms with van der Waals surface area (Å²) in [5, 5.41) is 0. The molecule has 0 radical (unpaired) electrons. The van der Waals surface area contributed by atoms with Gasteiger partial charge in [0.1, 0.15) is 0 Å². The fourth-order valence-electron chi connectivity index (χ4n) is 2.00. The Bertz CT molecular complexity index is 206. The zero-order valence-corrected chi connectivity index (χ0v) is 8.49. The summed E-state index contributed by atoms with van der Waals surface area (Å²) in [5.74, 6) is 1.41. The van der Waals surface area contributed by atoms with Crippen molar-refractivity contribution in [2.45, 2.75) is 39.3 Å². The van der Waals surface area contributed by atoms with Crippen LogP contribution in [-0.4, -0.2) is 11.3 Å². The summed E-state index contributed by atoms with van der Waals surface area (Å²) in [5.41, 5.74) is 0. The second kappa shape index (κ2) is 3.84. The first-order chi connectivity index (χ1) is 5.63. The van der Waals surface area contributed by atoms with Crippen LogP contribution in [0.25, 0.3) is 0 Å². The Hall–Kier alpha value is -0.655. The Morgan fingerprint density at radius 2 is 1.33 bits per heavy atom. The Labute approximate surface area is 75.9 Å². The van der Waals surface area contributed by atoms with Crippen molar-refractivity contribution in [3.05, 3.63) is 24.5 Å². The van der Waals surface area contributed by atoms with Gasteiger partial charge in [0.15, 0.2) is 0 Å². The lowest BCUT2D eigenvalue weighted by Crippen LogP contribution is -2.29. The van der Waals surface area contributed by atoms with Crippen molar-refractivity contribution < 1.29 is 0 Å². The van der Waals surface area contributed by atoms with Gasteiger partial charge in [0, 0.05) is 0 Å². The predicted molar refractivity (Wildman–Crippen MR) is 55.8 cm³/mol. The molecule has 1 heterocycles. The van der Waals surface area contributed by atoms with Gasteiger partial charge in [-0.25, -0.2) is 0 Å². The molecule has 2 heteroatoms. The lowest BCUT2D eigenvalue weighted by molar-refractivity contribution is 0.886. The molecular formula is C10H18BN. The van der Waals surface area contributed by atoms with E-state index >= 15 is 0 Å². The third-order valence-corrected chi connectivity index (χ3v) is 2.34.